The first-order chi connectivity index (χ1) is 15.4. The Balaban J connectivity index is 1.25. The summed E-state index contributed by atoms with van der Waals surface area (Å²) >= 11 is 0. The van der Waals surface area contributed by atoms with Gasteiger partial charge in [0.1, 0.15) is 5.82 Å². The van der Waals surface area contributed by atoms with Gasteiger partial charge in [0.2, 0.25) is 15.9 Å². The Hall–Kier alpha value is -2.71. The Morgan fingerprint density at radius 3 is 2.44 bits per heavy atom. The Kier molecular flexibility index (Phi) is 6.91. The second-order valence-corrected chi connectivity index (χ2v) is 10.4. The first kappa shape index (κ1) is 22.5. The summed E-state index contributed by atoms with van der Waals surface area (Å²) in [5, 5.41) is 2.85. The zero-order valence-electron chi connectivity index (χ0n) is 18.3. The van der Waals surface area contributed by atoms with Crippen LogP contribution in [0, 0.1) is 5.92 Å². The van der Waals surface area contributed by atoms with E-state index in [0.717, 1.165) is 48.8 Å². The molecule has 8 heteroatoms. The van der Waals surface area contributed by atoms with Gasteiger partial charge in [-0.2, -0.15) is 0 Å². The molecule has 1 aliphatic carbocycles. The van der Waals surface area contributed by atoms with E-state index in [0.29, 0.717) is 6.54 Å². The number of aromatic nitrogens is 1. The first-order valence-corrected chi connectivity index (χ1v) is 12.7. The lowest BCUT2D eigenvalue weighted by Gasteiger charge is -2.31. The Labute approximate surface area is 190 Å². The molecule has 1 saturated heterocycles. The Morgan fingerprint density at radius 1 is 1.09 bits per heavy atom. The minimum absolute atomic E-state index is 0.0725. The van der Waals surface area contributed by atoms with E-state index in [1.165, 1.54) is 18.9 Å². The molecule has 2 heterocycles. The predicted molar refractivity (Wildman–Crippen MR) is 126 cm³/mol. The van der Waals surface area contributed by atoms with Crippen molar-refractivity contribution in [2.45, 2.75) is 50.1 Å². The van der Waals surface area contributed by atoms with E-state index in [-0.39, 0.29) is 16.8 Å². The van der Waals surface area contributed by atoms with Gasteiger partial charge in [-0.3, -0.25) is 4.79 Å². The van der Waals surface area contributed by atoms with Crippen LogP contribution in [0.5, 0.6) is 0 Å². The Morgan fingerprint density at radius 2 is 1.81 bits per heavy atom. The van der Waals surface area contributed by atoms with Gasteiger partial charge < -0.3 is 10.2 Å². The average molecular weight is 455 g/mol. The zero-order valence-corrected chi connectivity index (χ0v) is 19.1. The number of carbonyl (C=O) groups excluding carboxylic acids is 1. The van der Waals surface area contributed by atoms with Crippen LogP contribution in [0.4, 0.5) is 5.82 Å². The number of carbonyl (C=O) groups is 1. The lowest BCUT2D eigenvalue weighted by molar-refractivity contribution is -0.116. The average Bonchev–Trinajstić information content (AvgIpc) is 3.61. The maximum Gasteiger partial charge on any atom is 0.244 e. The molecule has 4 rings (SSSR count). The summed E-state index contributed by atoms with van der Waals surface area (Å²) in [6.45, 7) is 4.77. The Bertz CT molecular complexity index is 1050. The highest BCUT2D eigenvalue weighted by Crippen LogP contribution is 2.23. The van der Waals surface area contributed by atoms with Crippen molar-refractivity contribution in [3.63, 3.8) is 0 Å². The standard InChI is InChI=1S/C24H30N4O3S/c1-18-12-14-28(15-13-18)23-10-4-20(16-25-23)17-26-24(29)11-5-19-2-8-22(9-3-19)32(30,31)27-21-6-7-21/h2-5,8-11,16,18,21,27H,6-7,12-15,17H2,1H3,(H,26,29). The van der Waals surface area contributed by atoms with E-state index in [1.54, 1.807) is 30.3 Å². The van der Waals surface area contributed by atoms with Gasteiger partial charge in [0, 0.05) is 37.9 Å². The molecule has 1 amide bonds. The molecule has 32 heavy (non-hydrogen) atoms. The van der Waals surface area contributed by atoms with Gasteiger partial charge in [-0.05, 0) is 67.0 Å². The van der Waals surface area contributed by atoms with Crippen molar-refractivity contribution in [3.05, 3.63) is 59.8 Å². The third-order valence-electron chi connectivity index (χ3n) is 5.90. The van der Waals surface area contributed by atoms with Gasteiger partial charge in [0.05, 0.1) is 4.90 Å². The highest BCUT2D eigenvalue weighted by Gasteiger charge is 2.27. The van der Waals surface area contributed by atoms with Crippen LogP contribution in [0.3, 0.4) is 0 Å². The predicted octanol–water partition coefficient (Wildman–Crippen LogP) is 3.09. The molecule has 1 saturated carbocycles. The number of hydrogen-bond donors (Lipinski definition) is 2. The number of benzene rings is 1. The number of anilines is 1. The van der Waals surface area contributed by atoms with Crippen LogP contribution in [-0.4, -0.2) is 38.4 Å². The molecule has 170 valence electrons. The van der Waals surface area contributed by atoms with Crippen LogP contribution in [0.25, 0.3) is 6.08 Å². The van der Waals surface area contributed by atoms with Crippen LogP contribution >= 0.6 is 0 Å². The molecule has 0 bridgehead atoms. The summed E-state index contributed by atoms with van der Waals surface area (Å²) in [4.78, 5) is 19.3. The number of nitrogens with zero attached hydrogens (tertiary/aromatic N) is 2. The second-order valence-electron chi connectivity index (χ2n) is 8.71. The third-order valence-corrected chi connectivity index (χ3v) is 7.44. The minimum Gasteiger partial charge on any atom is -0.357 e. The summed E-state index contributed by atoms with van der Waals surface area (Å²) in [6, 6.07) is 10.6. The molecule has 1 aromatic carbocycles. The fourth-order valence-electron chi connectivity index (χ4n) is 3.61. The molecule has 0 atom stereocenters. The van der Waals surface area contributed by atoms with Crippen molar-refractivity contribution >= 4 is 27.8 Å². The van der Waals surface area contributed by atoms with Crippen LogP contribution in [0.2, 0.25) is 0 Å². The van der Waals surface area contributed by atoms with E-state index in [9.17, 15) is 13.2 Å². The molecule has 2 aromatic rings. The SMILES string of the molecule is CC1CCN(c2ccc(CNC(=O)C=Cc3ccc(S(=O)(=O)NC4CC4)cc3)cn2)CC1. The molecular weight excluding hydrogens is 424 g/mol. The molecule has 1 aliphatic heterocycles. The van der Waals surface area contributed by atoms with Crippen LogP contribution in [-0.2, 0) is 21.4 Å². The third kappa shape index (κ3) is 6.17. The van der Waals surface area contributed by atoms with Gasteiger partial charge in [-0.25, -0.2) is 18.1 Å². The van der Waals surface area contributed by atoms with Gasteiger partial charge in [-0.1, -0.05) is 25.1 Å². The molecule has 0 unspecified atom stereocenters. The number of amides is 1. The molecule has 7 nitrogen and oxygen atoms in total. The van der Waals surface area contributed by atoms with E-state index < -0.39 is 10.0 Å². The molecule has 0 spiro atoms. The summed E-state index contributed by atoms with van der Waals surface area (Å²) in [6.07, 6.45) is 9.11. The van der Waals surface area contributed by atoms with Gasteiger partial charge in [0.25, 0.3) is 0 Å². The molecule has 1 aromatic heterocycles. The van der Waals surface area contributed by atoms with Crippen LogP contribution in [0.15, 0.2) is 53.6 Å². The van der Waals surface area contributed by atoms with Gasteiger partial charge in [-0.15, -0.1) is 0 Å². The number of nitrogens with one attached hydrogen (secondary N) is 2. The van der Waals surface area contributed by atoms with E-state index in [2.05, 4.69) is 26.8 Å². The summed E-state index contributed by atoms with van der Waals surface area (Å²) < 4.78 is 27.1. The normalized spacial score (nSPS) is 17.6. The van der Waals surface area contributed by atoms with Gasteiger partial charge in [0.15, 0.2) is 0 Å². The summed E-state index contributed by atoms with van der Waals surface area (Å²) in [5.74, 6) is 1.56. The summed E-state index contributed by atoms with van der Waals surface area (Å²) in [5.41, 5.74) is 1.70. The largest absolute Gasteiger partial charge is 0.357 e. The topological polar surface area (TPSA) is 91.4 Å². The van der Waals surface area contributed by atoms with E-state index in [1.807, 2.05) is 18.3 Å². The first-order valence-electron chi connectivity index (χ1n) is 11.2. The van der Waals surface area contributed by atoms with E-state index in [4.69, 9.17) is 0 Å². The lowest BCUT2D eigenvalue weighted by Crippen LogP contribution is -2.33. The van der Waals surface area contributed by atoms with Crippen molar-refractivity contribution in [1.29, 1.82) is 0 Å². The molecule has 2 N–H and O–H groups in total. The number of rotatable bonds is 8. The highest BCUT2D eigenvalue weighted by molar-refractivity contribution is 7.89. The van der Waals surface area contributed by atoms with Crippen LogP contribution < -0.4 is 14.9 Å². The minimum atomic E-state index is -3.46. The fraction of sp³-hybridized carbons (Fsp3) is 0.417. The quantitative estimate of drug-likeness (QED) is 0.598. The number of pyridine rings is 1. The van der Waals surface area contributed by atoms with Crippen molar-refractivity contribution in [2.75, 3.05) is 18.0 Å². The van der Waals surface area contributed by atoms with Crippen molar-refractivity contribution in [2.24, 2.45) is 5.92 Å². The summed E-state index contributed by atoms with van der Waals surface area (Å²) in [7, 11) is -3.46. The number of piperidine rings is 1. The zero-order chi connectivity index (χ0) is 22.6. The molecular formula is C24H30N4O3S. The molecule has 2 aliphatic rings. The van der Waals surface area contributed by atoms with E-state index >= 15 is 0 Å². The fourth-order valence-corrected chi connectivity index (χ4v) is 4.92. The van der Waals surface area contributed by atoms with Gasteiger partial charge >= 0.3 is 0 Å². The maximum atomic E-state index is 12.2. The highest BCUT2D eigenvalue weighted by atomic mass is 32.2. The smallest absolute Gasteiger partial charge is 0.244 e. The monoisotopic (exact) mass is 454 g/mol. The molecule has 0 radical (unpaired) electrons. The lowest BCUT2D eigenvalue weighted by atomic mass is 9.99. The van der Waals surface area contributed by atoms with Crippen LogP contribution in [0.1, 0.15) is 43.7 Å². The second kappa shape index (κ2) is 9.83. The van der Waals surface area contributed by atoms with Crippen molar-refractivity contribution in [3.8, 4) is 0 Å². The van der Waals surface area contributed by atoms with Crippen molar-refractivity contribution in [1.82, 2.24) is 15.0 Å². The maximum absolute atomic E-state index is 12.2. The molecule has 2 fully saturated rings. The number of sulfonamides is 1. The number of hydrogen-bond acceptors (Lipinski definition) is 5. The van der Waals surface area contributed by atoms with Crippen molar-refractivity contribution < 1.29 is 13.2 Å².